The molecular weight excluding hydrogens is 290 g/mol. The maximum atomic E-state index is 12.2. The monoisotopic (exact) mass is 323 g/mol. The second-order valence-corrected chi connectivity index (χ2v) is 8.51. The highest BCUT2D eigenvalue weighted by molar-refractivity contribution is 5.90. The quantitative estimate of drug-likeness (QED) is 0.807. The molecule has 5 nitrogen and oxygen atoms in total. The smallest absolute Gasteiger partial charge is 0.227 e. The van der Waals surface area contributed by atoms with Crippen molar-refractivity contribution < 1.29 is 9.53 Å². The van der Waals surface area contributed by atoms with Gasteiger partial charge in [-0.15, -0.1) is 0 Å². The second kappa shape index (κ2) is 7.47. The van der Waals surface area contributed by atoms with Crippen LogP contribution in [-0.2, 0) is 20.5 Å². The van der Waals surface area contributed by atoms with E-state index in [9.17, 15) is 4.79 Å². The van der Waals surface area contributed by atoms with E-state index in [-0.39, 0.29) is 16.9 Å². The van der Waals surface area contributed by atoms with Crippen LogP contribution < -0.4 is 5.32 Å². The summed E-state index contributed by atoms with van der Waals surface area (Å²) in [5, 5.41) is 7.68. The average molecular weight is 323 g/mol. The molecule has 132 valence electrons. The molecule has 0 unspecified atom stereocenters. The molecule has 0 aliphatic rings. The maximum absolute atomic E-state index is 12.2. The fraction of sp³-hybridized carbons (Fsp3) is 0.778. The molecule has 23 heavy (non-hydrogen) atoms. The lowest BCUT2D eigenvalue weighted by Gasteiger charge is -2.23. The van der Waals surface area contributed by atoms with Crippen molar-refractivity contribution in [3.63, 3.8) is 0 Å². The highest BCUT2D eigenvalue weighted by atomic mass is 16.5. The predicted molar refractivity (Wildman–Crippen MR) is 94.8 cm³/mol. The molecule has 0 saturated heterocycles. The van der Waals surface area contributed by atoms with Crippen LogP contribution in [0.2, 0.25) is 0 Å². The van der Waals surface area contributed by atoms with E-state index in [4.69, 9.17) is 9.84 Å². The molecule has 1 amide bonds. The molecule has 0 atom stereocenters. The van der Waals surface area contributed by atoms with Crippen LogP contribution in [0.15, 0.2) is 6.07 Å². The van der Waals surface area contributed by atoms with Crippen molar-refractivity contribution in [2.45, 2.75) is 72.8 Å². The Morgan fingerprint density at radius 3 is 2.35 bits per heavy atom. The van der Waals surface area contributed by atoms with Gasteiger partial charge in [-0.25, -0.2) is 4.68 Å². The van der Waals surface area contributed by atoms with Crippen molar-refractivity contribution in [1.82, 2.24) is 9.78 Å². The van der Waals surface area contributed by atoms with Crippen LogP contribution in [0.3, 0.4) is 0 Å². The molecule has 1 aromatic heterocycles. The van der Waals surface area contributed by atoms with Gasteiger partial charge >= 0.3 is 0 Å². The number of ether oxygens (including phenoxy) is 1. The summed E-state index contributed by atoms with van der Waals surface area (Å²) >= 11 is 0. The molecule has 0 aliphatic carbocycles. The predicted octanol–water partition coefficient (Wildman–Crippen LogP) is 3.94. The van der Waals surface area contributed by atoms with E-state index < -0.39 is 0 Å². The number of amides is 1. The first-order chi connectivity index (χ1) is 10.4. The second-order valence-electron chi connectivity index (χ2n) is 8.51. The first kappa shape index (κ1) is 19.7. The Morgan fingerprint density at radius 1 is 1.26 bits per heavy atom. The lowest BCUT2D eigenvalue weighted by Crippen LogP contribution is -2.27. The number of aromatic nitrogens is 2. The van der Waals surface area contributed by atoms with E-state index in [0.29, 0.717) is 25.6 Å². The summed E-state index contributed by atoms with van der Waals surface area (Å²) in [4.78, 5) is 12.2. The van der Waals surface area contributed by atoms with E-state index in [1.54, 1.807) is 0 Å². The normalized spacial score (nSPS) is 12.7. The number of rotatable bonds is 6. The Labute approximate surface area is 140 Å². The van der Waals surface area contributed by atoms with Gasteiger partial charge in [0, 0.05) is 18.1 Å². The van der Waals surface area contributed by atoms with Gasteiger partial charge in [0.15, 0.2) is 0 Å². The highest BCUT2D eigenvalue weighted by Crippen LogP contribution is 2.28. The number of nitrogens with one attached hydrogen (secondary N) is 1. The minimum Gasteiger partial charge on any atom is -0.381 e. The summed E-state index contributed by atoms with van der Waals surface area (Å²) in [5.41, 5.74) is 0.718. The molecule has 0 saturated carbocycles. The van der Waals surface area contributed by atoms with Crippen molar-refractivity contribution in [2.75, 3.05) is 18.5 Å². The summed E-state index contributed by atoms with van der Waals surface area (Å²) in [6.07, 6.45) is 0.354. The molecule has 1 N–H and O–H groups in total. The zero-order valence-corrected chi connectivity index (χ0v) is 16.0. The van der Waals surface area contributed by atoms with Gasteiger partial charge in [-0.3, -0.25) is 4.79 Å². The molecule has 0 bridgehead atoms. The lowest BCUT2D eigenvalue weighted by molar-refractivity contribution is -0.117. The van der Waals surface area contributed by atoms with Crippen LogP contribution in [-0.4, -0.2) is 28.9 Å². The summed E-state index contributed by atoms with van der Waals surface area (Å²) < 4.78 is 7.37. The maximum Gasteiger partial charge on any atom is 0.227 e. The molecule has 1 aromatic rings. The zero-order chi connectivity index (χ0) is 17.8. The van der Waals surface area contributed by atoms with Crippen LogP contribution in [0.5, 0.6) is 0 Å². The van der Waals surface area contributed by atoms with E-state index >= 15 is 0 Å². The fourth-order valence-corrected chi connectivity index (χ4v) is 2.04. The van der Waals surface area contributed by atoms with Gasteiger partial charge in [0.25, 0.3) is 0 Å². The van der Waals surface area contributed by atoms with Crippen LogP contribution in [0.25, 0.3) is 0 Å². The first-order valence-corrected chi connectivity index (χ1v) is 8.40. The molecule has 0 aromatic carbocycles. The number of nitrogens with zero attached hydrogens (tertiary/aromatic N) is 2. The molecule has 0 radical (unpaired) electrons. The zero-order valence-electron chi connectivity index (χ0n) is 16.0. The minimum atomic E-state index is -0.194. The van der Waals surface area contributed by atoms with E-state index in [0.717, 1.165) is 11.5 Å². The van der Waals surface area contributed by atoms with Gasteiger partial charge in [-0.05, 0) is 26.7 Å². The third kappa shape index (κ3) is 6.34. The molecule has 1 heterocycles. The molecule has 0 aliphatic heterocycles. The molecule has 0 spiro atoms. The molecular formula is C18H33N3O2. The van der Waals surface area contributed by atoms with Gasteiger partial charge < -0.3 is 10.1 Å². The fourth-order valence-electron chi connectivity index (χ4n) is 2.04. The summed E-state index contributed by atoms with van der Waals surface area (Å²) in [7, 11) is 0. The average Bonchev–Trinajstić information content (AvgIpc) is 2.78. The van der Waals surface area contributed by atoms with E-state index in [1.807, 2.05) is 10.7 Å². The van der Waals surface area contributed by atoms with Crippen molar-refractivity contribution in [2.24, 2.45) is 5.92 Å². The Morgan fingerprint density at radius 2 is 1.87 bits per heavy atom. The van der Waals surface area contributed by atoms with Gasteiger partial charge in [0.05, 0.1) is 24.3 Å². The van der Waals surface area contributed by atoms with Crippen molar-refractivity contribution in [3.05, 3.63) is 11.8 Å². The third-order valence-electron chi connectivity index (χ3n) is 3.31. The van der Waals surface area contributed by atoms with E-state index in [1.165, 1.54) is 0 Å². The van der Waals surface area contributed by atoms with Gasteiger partial charge in [-0.2, -0.15) is 5.10 Å². The Hall–Kier alpha value is -1.36. The van der Waals surface area contributed by atoms with Crippen molar-refractivity contribution in [1.29, 1.82) is 0 Å². The number of carbonyl (C=O) groups is 1. The SMILES string of the molecule is CC(C)COCCC(=O)Nc1cc(C(C)(C)C)nn1C(C)(C)C. The van der Waals surface area contributed by atoms with Crippen molar-refractivity contribution in [3.8, 4) is 0 Å². The summed E-state index contributed by atoms with van der Waals surface area (Å²) in [5.74, 6) is 1.19. The lowest BCUT2D eigenvalue weighted by atomic mass is 9.92. The molecule has 5 heteroatoms. The van der Waals surface area contributed by atoms with Crippen LogP contribution in [0.1, 0.15) is 67.5 Å². The van der Waals surface area contributed by atoms with Gasteiger partial charge in [0.1, 0.15) is 5.82 Å². The Balaban J connectivity index is 2.78. The van der Waals surface area contributed by atoms with Crippen LogP contribution >= 0.6 is 0 Å². The number of anilines is 1. The third-order valence-corrected chi connectivity index (χ3v) is 3.31. The van der Waals surface area contributed by atoms with Gasteiger partial charge in [0.2, 0.25) is 5.91 Å². The molecule has 0 fully saturated rings. The van der Waals surface area contributed by atoms with Crippen LogP contribution in [0.4, 0.5) is 5.82 Å². The topological polar surface area (TPSA) is 56.1 Å². The first-order valence-electron chi connectivity index (χ1n) is 8.40. The van der Waals surface area contributed by atoms with E-state index in [2.05, 4.69) is 60.7 Å². The largest absolute Gasteiger partial charge is 0.381 e. The van der Waals surface area contributed by atoms with Crippen LogP contribution in [0, 0.1) is 5.92 Å². The number of hydrogen-bond donors (Lipinski definition) is 1. The van der Waals surface area contributed by atoms with Crippen molar-refractivity contribution >= 4 is 11.7 Å². The minimum absolute atomic E-state index is 0.0420. The number of hydrogen-bond acceptors (Lipinski definition) is 3. The Kier molecular flexibility index (Phi) is 6.40. The highest BCUT2D eigenvalue weighted by Gasteiger charge is 2.25. The van der Waals surface area contributed by atoms with Gasteiger partial charge in [-0.1, -0.05) is 34.6 Å². The summed E-state index contributed by atoms with van der Waals surface area (Å²) in [6.45, 7) is 17.9. The Bertz CT molecular complexity index is 519. The molecule has 1 rings (SSSR count). The summed E-state index contributed by atoms with van der Waals surface area (Å²) in [6, 6.07) is 1.97. The number of carbonyl (C=O) groups excluding carboxylic acids is 1. The standard InChI is InChI=1S/C18H33N3O2/c1-13(2)12-23-10-9-16(22)19-15-11-14(17(3,4)5)20-21(15)18(6,7)8/h11,13H,9-10,12H2,1-8H3,(H,19,22).